The summed E-state index contributed by atoms with van der Waals surface area (Å²) < 4.78 is 0. The molecule has 11 heavy (non-hydrogen) atoms. The first-order chi connectivity index (χ1) is 4.90. The Balaban J connectivity index is 2.88. The van der Waals surface area contributed by atoms with Crippen molar-refractivity contribution in [1.82, 2.24) is 0 Å². The van der Waals surface area contributed by atoms with Gasteiger partial charge in [0.25, 0.3) is 0 Å². The van der Waals surface area contributed by atoms with Crippen molar-refractivity contribution in [3.05, 3.63) is 5.25 Å². The molecule has 0 aromatic carbocycles. The molecule has 1 aliphatic carbocycles. The van der Waals surface area contributed by atoms with Crippen molar-refractivity contribution in [3.63, 3.8) is 0 Å². The van der Waals surface area contributed by atoms with Crippen LogP contribution in [0, 0.1) is 16.1 Å². The summed E-state index contributed by atoms with van der Waals surface area (Å²) in [5.41, 5.74) is 0.825. The number of rotatable bonds is 1. The summed E-state index contributed by atoms with van der Waals surface area (Å²) >= 11 is 1.71. The summed E-state index contributed by atoms with van der Waals surface area (Å²) in [6, 6.07) is 0. The quantitative estimate of drug-likeness (QED) is 0.322. The van der Waals surface area contributed by atoms with Crippen molar-refractivity contribution in [3.8, 4) is 0 Å². The van der Waals surface area contributed by atoms with Crippen molar-refractivity contribution in [1.29, 1.82) is 0 Å². The van der Waals surface area contributed by atoms with Gasteiger partial charge in [-0.1, -0.05) is 40.5 Å². The average Bonchev–Trinajstić information content (AvgIpc) is 2.03. The Hall–Kier alpha value is 0.0900. The van der Waals surface area contributed by atoms with Crippen LogP contribution >= 0.6 is 0 Å². The maximum absolute atomic E-state index is 3.94. The van der Waals surface area contributed by atoms with Crippen LogP contribution in [-0.2, 0) is 11.4 Å². The van der Waals surface area contributed by atoms with E-state index < -0.39 is 0 Å². The number of hydrogen-bond acceptors (Lipinski definition) is 0. The molecular weight excluding hydrogens is 152 g/mol. The zero-order valence-corrected chi connectivity index (χ0v) is 8.85. The molecule has 0 aromatic heterocycles. The fourth-order valence-electron chi connectivity index (χ4n) is 2.16. The predicted molar refractivity (Wildman–Crippen MR) is 54.5 cm³/mol. The highest BCUT2D eigenvalue weighted by Gasteiger charge is 2.41. The third-order valence-electron chi connectivity index (χ3n) is 2.75. The average molecular weight is 170 g/mol. The van der Waals surface area contributed by atoms with Crippen LogP contribution in [0.2, 0.25) is 0 Å². The summed E-state index contributed by atoms with van der Waals surface area (Å²) in [5, 5.41) is 1.57. The van der Waals surface area contributed by atoms with Crippen molar-refractivity contribution >= 4 is 17.2 Å². The van der Waals surface area contributed by atoms with Gasteiger partial charge in [-0.2, -0.15) is 0 Å². The third-order valence-corrected chi connectivity index (χ3v) is 4.14. The van der Waals surface area contributed by atoms with E-state index in [1.807, 2.05) is 0 Å². The Morgan fingerprint density at radius 1 is 1.09 bits per heavy atom. The maximum atomic E-state index is 3.94. The van der Waals surface area contributed by atoms with Gasteiger partial charge in [-0.3, -0.25) is 0 Å². The Kier molecular flexibility index (Phi) is 2.13. The first-order valence-electron chi connectivity index (χ1n) is 4.20. The zero-order chi connectivity index (χ0) is 8.70. The Bertz CT molecular complexity index is 152. The van der Waals surface area contributed by atoms with Crippen LogP contribution in [0.25, 0.3) is 0 Å². The SMILES string of the molecule is C=[S+][C-]1C(C)(C)CCC1(C)C. The second-order valence-corrected chi connectivity index (χ2v) is 5.44. The summed E-state index contributed by atoms with van der Waals surface area (Å²) in [4.78, 5) is 0. The lowest BCUT2D eigenvalue weighted by Gasteiger charge is -2.35. The van der Waals surface area contributed by atoms with E-state index in [9.17, 15) is 0 Å². The van der Waals surface area contributed by atoms with Gasteiger partial charge in [0, 0.05) is 0 Å². The van der Waals surface area contributed by atoms with E-state index in [1.165, 1.54) is 12.8 Å². The fourth-order valence-corrected chi connectivity index (χ4v) is 3.14. The van der Waals surface area contributed by atoms with Gasteiger partial charge < -0.3 is 0 Å². The molecule has 64 valence electrons. The lowest BCUT2D eigenvalue weighted by molar-refractivity contribution is 0.411. The van der Waals surface area contributed by atoms with E-state index in [4.69, 9.17) is 0 Å². The van der Waals surface area contributed by atoms with E-state index in [0.29, 0.717) is 10.8 Å². The minimum atomic E-state index is 0.413. The van der Waals surface area contributed by atoms with Gasteiger partial charge in [0.05, 0.1) is 0 Å². The molecule has 0 aromatic rings. The van der Waals surface area contributed by atoms with E-state index in [2.05, 4.69) is 33.6 Å². The van der Waals surface area contributed by atoms with Gasteiger partial charge in [0.2, 0.25) is 0 Å². The zero-order valence-electron chi connectivity index (χ0n) is 8.03. The highest BCUT2D eigenvalue weighted by molar-refractivity contribution is 7.79. The van der Waals surface area contributed by atoms with Crippen molar-refractivity contribution < 1.29 is 0 Å². The van der Waals surface area contributed by atoms with Crippen LogP contribution in [0.4, 0.5) is 0 Å². The van der Waals surface area contributed by atoms with Crippen molar-refractivity contribution in [2.45, 2.75) is 40.5 Å². The molecule has 0 saturated heterocycles. The standard InChI is InChI=1S/C10H18S/c1-9(2)6-7-10(3,4)8(9)11-5/h5-7H2,1-4H3. The summed E-state index contributed by atoms with van der Waals surface area (Å²) in [7, 11) is 0. The highest BCUT2D eigenvalue weighted by atomic mass is 32.1. The number of hydrogen-bond donors (Lipinski definition) is 0. The van der Waals surface area contributed by atoms with Crippen LogP contribution in [0.5, 0.6) is 0 Å². The van der Waals surface area contributed by atoms with Crippen LogP contribution in [0.3, 0.4) is 0 Å². The highest BCUT2D eigenvalue weighted by Crippen LogP contribution is 2.54. The molecule has 0 atom stereocenters. The van der Waals surface area contributed by atoms with Crippen LogP contribution in [0.15, 0.2) is 0 Å². The van der Waals surface area contributed by atoms with Gasteiger partial charge in [0.15, 0.2) is 0 Å². The molecule has 0 spiro atoms. The first kappa shape index (κ1) is 9.18. The molecule has 0 bridgehead atoms. The topological polar surface area (TPSA) is 0 Å². The van der Waals surface area contributed by atoms with Gasteiger partial charge in [-0.05, 0) is 16.6 Å². The van der Waals surface area contributed by atoms with Crippen LogP contribution in [0.1, 0.15) is 40.5 Å². The predicted octanol–water partition coefficient (Wildman–Crippen LogP) is 2.88. The normalized spacial score (nSPS) is 28.7. The maximum Gasteiger partial charge on any atom is 0.116 e. The molecule has 1 saturated carbocycles. The van der Waals surface area contributed by atoms with Crippen molar-refractivity contribution in [2.24, 2.45) is 10.8 Å². The third kappa shape index (κ3) is 1.48. The second kappa shape index (κ2) is 2.55. The van der Waals surface area contributed by atoms with E-state index in [1.54, 1.807) is 16.6 Å². The molecule has 1 rings (SSSR count). The molecule has 0 nitrogen and oxygen atoms in total. The lowest BCUT2D eigenvalue weighted by atomic mass is 9.84. The largest absolute Gasteiger partial charge is 0.116 e. The fraction of sp³-hybridized carbons (Fsp3) is 0.800. The summed E-state index contributed by atoms with van der Waals surface area (Å²) in [5.74, 6) is 3.94. The minimum Gasteiger partial charge on any atom is -0.104 e. The smallest absolute Gasteiger partial charge is 0.104 e. The molecule has 0 unspecified atom stereocenters. The van der Waals surface area contributed by atoms with Crippen LogP contribution < -0.4 is 0 Å². The van der Waals surface area contributed by atoms with Gasteiger partial charge >= 0.3 is 0 Å². The molecule has 0 N–H and O–H groups in total. The monoisotopic (exact) mass is 170 g/mol. The molecule has 1 heteroatoms. The molecular formula is C10H18S. The molecule has 1 fully saturated rings. The molecule has 1 aliphatic rings. The van der Waals surface area contributed by atoms with Crippen molar-refractivity contribution in [2.75, 3.05) is 0 Å². The summed E-state index contributed by atoms with van der Waals surface area (Å²) in [6.07, 6.45) is 2.63. The van der Waals surface area contributed by atoms with Crippen LogP contribution in [-0.4, -0.2) is 5.87 Å². The molecule has 0 heterocycles. The molecule has 0 radical (unpaired) electrons. The van der Waals surface area contributed by atoms with Gasteiger partial charge in [-0.15, -0.1) is 10.8 Å². The van der Waals surface area contributed by atoms with E-state index in [0.717, 1.165) is 0 Å². The Morgan fingerprint density at radius 3 is 1.64 bits per heavy atom. The van der Waals surface area contributed by atoms with Gasteiger partial charge in [-0.25, -0.2) is 0 Å². The second-order valence-electron chi connectivity index (χ2n) is 4.74. The van der Waals surface area contributed by atoms with Gasteiger partial charge in [0.1, 0.15) is 5.87 Å². The summed E-state index contributed by atoms with van der Waals surface area (Å²) in [6.45, 7) is 9.31. The van der Waals surface area contributed by atoms with E-state index in [-0.39, 0.29) is 0 Å². The molecule has 0 aliphatic heterocycles. The molecule has 0 amide bonds. The Labute approximate surface area is 74.3 Å². The first-order valence-corrected chi connectivity index (χ1v) is 5.19. The minimum absolute atomic E-state index is 0.413. The van der Waals surface area contributed by atoms with E-state index >= 15 is 0 Å². The lowest BCUT2D eigenvalue weighted by Crippen LogP contribution is -2.24. The Morgan fingerprint density at radius 2 is 1.45 bits per heavy atom.